The summed E-state index contributed by atoms with van der Waals surface area (Å²) in [6.45, 7) is 5.60. The van der Waals surface area contributed by atoms with Gasteiger partial charge in [0.05, 0.1) is 5.41 Å². The maximum Gasteiger partial charge on any atom is 0.323 e. The number of benzene rings is 2. The molecule has 1 aliphatic heterocycles. The van der Waals surface area contributed by atoms with Crippen LogP contribution in [0.25, 0.3) is 0 Å². The predicted octanol–water partition coefficient (Wildman–Crippen LogP) is 3.98. The number of urea groups is 1. The number of rotatable bonds is 6. The van der Waals surface area contributed by atoms with Crippen LogP contribution in [0.4, 0.5) is 16.2 Å². The van der Waals surface area contributed by atoms with E-state index in [1.807, 2.05) is 67.3 Å². The molecule has 154 valence electrons. The molecule has 1 heterocycles. The fraction of sp³-hybridized carbons (Fsp3) is 0.391. The van der Waals surface area contributed by atoms with Crippen molar-refractivity contribution in [1.82, 2.24) is 4.90 Å². The summed E-state index contributed by atoms with van der Waals surface area (Å²) >= 11 is 0. The van der Waals surface area contributed by atoms with Gasteiger partial charge in [-0.25, -0.2) is 4.79 Å². The fourth-order valence-corrected chi connectivity index (χ4v) is 3.97. The van der Waals surface area contributed by atoms with Crippen molar-refractivity contribution in [2.45, 2.75) is 39.7 Å². The maximum absolute atomic E-state index is 13.2. The van der Waals surface area contributed by atoms with Crippen molar-refractivity contribution in [2.24, 2.45) is 11.1 Å². The van der Waals surface area contributed by atoms with E-state index >= 15 is 0 Å². The molecule has 3 amide bonds. The number of para-hydroxylation sites is 1. The summed E-state index contributed by atoms with van der Waals surface area (Å²) in [5.41, 5.74) is 9.18. The standard InChI is InChI=1S/C23H30N4O2/c1-3-23(4-2,16-24)21(28)27-14-13-19-17(15-27)9-8-12-20(19)26-22(29)25-18-10-6-5-7-11-18/h5-12H,3-4,13-16,24H2,1-2H3,(H2,25,26,29). The number of fused-ring (bicyclic) bond motifs is 1. The Labute approximate surface area is 172 Å². The van der Waals surface area contributed by atoms with Crippen LogP contribution in [0.2, 0.25) is 0 Å². The van der Waals surface area contributed by atoms with E-state index in [9.17, 15) is 9.59 Å². The molecular weight excluding hydrogens is 364 g/mol. The number of anilines is 2. The molecule has 0 spiro atoms. The number of hydrogen-bond donors (Lipinski definition) is 3. The molecule has 0 unspecified atom stereocenters. The molecule has 0 atom stereocenters. The molecule has 6 heteroatoms. The number of carbonyl (C=O) groups excluding carboxylic acids is 2. The Morgan fingerprint density at radius 1 is 1.03 bits per heavy atom. The van der Waals surface area contributed by atoms with Gasteiger partial charge in [0.15, 0.2) is 0 Å². The van der Waals surface area contributed by atoms with Gasteiger partial charge in [-0.1, -0.05) is 44.2 Å². The van der Waals surface area contributed by atoms with Crippen LogP contribution in [0.15, 0.2) is 48.5 Å². The van der Waals surface area contributed by atoms with E-state index < -0.39 is 5.41 Å². The quantitative estimate of drug-likeness (QED) is 0.692. The molecule has 0 bridgehead atoms. The van der Waals surface area contributed by atoms with Crippen molar-refractivity contribution in [3.63, 3.8) is 0 Å². The number of nitrogens with zero attached hydrogens (tertiary/aromatic N) is 1. The molecule has 6 nitrogen and oxygen atoms in total. The van der Waals surface area contributed by atoms with Crippen LogP contribution in [-0.4, -0.2) is 29.9 Å². The Morgan fingerprint density at radius 3 is 2.41 bits per heavy atom. The molecule has 0 aromatic heterocycles. The molecule has 0 saturated heterocycles. The number of nitrogens with one attached hydrogen (secondary N) is 2. The second-order valence-corrected chi connectivity index (χ2v) is 7.56. The third-order valence-electron chi connectivity index (χ3n) is 6.03. The van der Waals surface area contributed by atoms with Gasteiger partial charge in [-0.2, -0.15) is 0 Å². The summed E-state index contributed by atoms with van der Waals surface area (Å²) in [4.78, 5) is 27.5. The average molecular weight is 395 g/mol. The number of amides is 3. The van der Waals surface area contributed by atoms with Crippen LogP contribution in [0.5, 0.6) is 0 Å². The zero-order valence-corrected chi connectivity index (χ0v) is 17.2. The van der Waals surface area contributed by atoms with E-state index in [0.29, 0.717) is 26.1 Å². The molecule has 29 heavy (non-hydrogen) atoms. The van der Waals surface area contributed by atoms with Gasteiger partial charge in [-0.15, -0.1) is 0 Å². The molecular formula is C23H30N4O2. The SMILES string of the molecule is CCC(CC)(CN)C(=O)N1CCc2c(cccc2NC(=O)Nc2ccccc2)C1. The molecule has 4 N–H and O–H groups in total. The first kappa shape index (κ1) is 20.9. The first-order chi connectivity index (χ1) is 14.0. The van der Waals surface area contributed by atoms with Gasteiger partial charge >= 0.3 is 6.03 Å². The highest BCUT2D eigenvalue weighted by atomic mass is 16.2. The van der Waals surface area contributed by atoms with Crippen molar-refractivity contribution in [1.29, 1.82) is 0 Å². The van der Waals surface area contributed by atoms with E-state index in [0.717, 1.165) is 35.3 Å². The van der Waals surface area contributed by atoms with Crippen molar-refractivity contribution < 1.29 is 9.59 Å². The minimum absolute atomic E-state index is 0.135. The Balaban J connectivity index is 1.73. The van der Waals surface area contributed by atoms with Crippen LogP contribution in [0.3, 0.4) is 0 Å². The first-order valence-corrected chi connectivity index (χ1v) is 10.3. The van der Waals surface area contributed by atoms with Gasteiger partial charge in [0, 0.05) is 31.0 Å². The smallest absolute Gasteiger partial charge is 0.323 e. The van der Waals surface area contributed by atoms with E-state index in [2.05, 4.69) is 10.6 Å². The minimum atomic E-state index is -0.483. The van der Waals surface area contributed by atoms with Gasteiger partial charge < -0.3 is 21.3 Å². The molecule has 0 radical (unpaired) electrons. The van der Waals surface area contributed by atoms with E-state index in [4.69, 9.17) is 5.73 Å². The minimum Gasteiger partial charge on any atom is -0.338 e. The van der Waals surface area contributed by atoms with E-state index in [-0.39, 0.29) is 11.9 Å². The van der Waals surface area contributed by atoms with Crippen molar-refractivity contribution in [3.8, 4) is 0 Å². The zero-order chi connectivity index (χ0) is 20.9. The lowest BCUT2D eigenvalue weighted by molar-refractivity contribution is -0.143. The summed E-state index contributed by atoms with van der Waals surface area (Å²) in [6.07, 6.45) is 2.18. The predicted molar refractivity (Wildman–Crippen MR) is 117 cm³/mol. The third-order valence-corrected chi connectivity index (χ3v) is 6.03. The monoisotopic (exact) mass is 394 g/mol. The summed E-state index contributed by atoms with van der Waals surface area (Å²) in [5.74, 6) is 0.135. The largest absolute Gasteiger partial charge is 0.338 e. The van der Waals surface area contributed by atoms with Crippen LogP contribution in [0, 0.1) is 5.41 Å². The van der Waals surface area contributed by atoms with Crippen LogP contribution >= 0.6 is 0 Å². The Kier molecular flexibility index (Phi) is 6.54. The lowest BCUT2D eigenvalue weighted by Crippen LogP contribution is -2.49. The summed E-state index contributed by atoms with van der Waals surface area (Å²) in [7, 11) is 0. The summed E-state index contributed by atoms with van der Waals surface area (Å²) in [5, 5.41) is 5.79. The fourth-order valence-electron chi connectivity index (χ4n) is 3.97. The second kappa shape index (κ2) is 9.09. The molecule has 0 saturated carbocycles. The Hall–Kier alpha value is -2.86. The molecule has 3 rings (SSSR count). The normalized spacial score (nSPS) is 13.6. The number of carbonyl (C=O) groups is 2. The molecule has 1 aliphatic rings. The highest BCUT2D eigenvalue weighted by Crippen LogP contribution is 2.32. The molecule has 0 aliphatic carbocycles. The zero-order valence-electron chi connectivity index (χ0n) is 17.2. The van der Waals surface area contributed by atoms with E-state index in [1.165, 1.54) is 0 Å². The van der Waals surface area contributed by atoms with Crippen LogP contribution in [0.1, 0.15) is 37.8 Å². The molecule has 2 aromatic carbocycles. The van der Waals surface area contributed by atoms with Gasteiger partial charge in [0.25, 0.3) is 0 Å². The molecule has 2 aromatic rings. The topological polar surface area (TPSA) is 87.5 Å². The van der Waals surface area contributed by atoms with Gasteiger partial charge in [-0.3, -0.25) is 4.79 Å². The van der Waals surface area contributed by atoms with Crippen molar-refractivity contribution >= 4 is 23.3 Å². The van der Waals surface area contributed by atoms with E-state index in [1.54, 1.807) is 0 Å². The average Bonchev–Trinajstić information content (AvgIpc) is 2.75. The van der Waals surface area contributed by atoms with Crippen LogP contribution in [-0.2, 0) is 17.8 Å². The number of nitrogens with two attached hydrogens (primary N) is 1. The first-order valence-electron chi connectivity index (χ1n) is 10.3. The van der Waals surface area contributed by atoms with Gasteiger partial charge in [-0.05, 0) is 48.6 Å². The summed E-state index contributed by atoms with van der Waals surface area (Å²) < 4.78 is 0. The lowest BCUT2D eigenvalue weighted by Gasteiger charge is -2.38. The Morgan fingerprint density at radius 2 is 1.76 bits per heavy atom. The van der Waals surface area contributed by atoms with Crippen molar-refractivity contribution in [3.05, 3.63) is 59.7 Å². The maximum atomic E-state index is 13.2. The summed E-state index contributed by atoms with van der Waals surface area (Å²) in [6, 6.07) is 14.9. The highest BCUT2D eigenvalue weighted by Gasteiger charge is 2.38. The Bertz CT molecular complexity index is 854. The number of hydrogen-bond acceptors (Lipinski definition) is 3. The van der Waals surface area contributed by atoms with Crippen LogP contribution < -0.4 is 16.4 Å². The molecule has 0 fully saturated rings. The van der Waals surface area contributed by atoms with Gasteiger partial charge in [0.2, 0.25) is 5.91 Å². The third kappa shape index (κ3) is 4.43. The highest BCUT2D eigenvalue weighted by molar-refractivity contribution is 6.00. The second-order valence-electron chi connectivity index (χ2n) is 7.56. The lowest BCUT2D eigenvalue weighted by atomic mass is 9.80. The van der Waals surface area contributed by atoms with Gasteiger partial charge in [0.1, 0.15) is 0 Å². The van der Waals surface area contributed by atoms with Crippen molar-refractivity contribution in [2.75, 3.05) is 23.7 Å².